The minimum absolute atomic E-state index is 0.0250. The van der Waals surface area contributed by atoms with Crippen LogP contribution < -0.4 is 9.47 Å². The topological polar surface area (TPSA) is 58.9 Å². The van der Waals surface area contributed by atoms with Gasteiger partial charge in [-0.15, -0.1) is 0 Å². The molecule has 0 unspecified atom stereocenters. The highest BCUT2D eigenvalue weighted by Crippen LogP contribution is 2.28. The van der Waals surface area contributed by atoms with E-state index in [0.717, 1.165) is 5.56 Å². The zero-order valence-corrected chi connectivity index (χ0v) is 11.3. The van der Waals surface area contributed by atoms with Gasteiger partial charge in [0.1, 0.15) is 11.5 Å². The lowest BCUT2D eigenvalue weighted by Crippen LogP contribution is -1.90. The first-order valence-corrected chi connectivity index (χ1v) is 6.05. The van der Waals surface area contributed by atoms with Crippen LogP contribution in [0.4, 0.5) is 0 Å². The first-order chi connectivity index (χ1) is 9.62. The molecule has 0 fully saturated rings. The van der Waals surface area contributed by atoms with Gasteiger partial charge in [0.25, 0.3) is 0 Å². The summed E-state index contributed by atoms with van der Waals surface area (Å²) in [5.41, 5.74) is 1.63. The van der Waals surface area contributed by atoms with Gasteiger partial charge in [-0.25, -0.2) is 0 Å². The third-order valence-electron chi connectivity index (χ3n) is 2.80. The number of hydrogen-bond acceptors (Lipinski definition) is 4. The Morgan fingerprint density at radius 3 is 1.95 bits per heavy atom. The van der Waals surface area contributed by atoms with Gasteiger partial charge in [-0.3, -0.25) is 0 Å². The van der Waals surface area contributed by atoms with Gasteiger partial charge in [0.15, 0.2) is 11.5 Å². The van der Waals surface area contributed by atoms with Gasteiger partial charge in [0, 0.05) is 6.07 Å². The van der Waals surface area contributed by atoms with Crippen molar-refractivity contribution in [1.82, 2.24) is 0 Å². The molecule has 0 spiro atoms. The van der Waals surface area contributed by atoms with Crippen LogP contribution in [0.25, 0.3) is 12.2 Å². The fraction of sp³-hybridized carbons (Fsp3) is 0.125. The minimum atomic E-state index is 0.0250. The standard InChI is InChI=1S/C16H16O4/c1-19-15-6-5-11(9-16(15)20-2)3-4-12-7-13(17)10-14(18)8-12/h3-10,17-18H,1-2H3. The molecule has 4 nitrogen and oxygen atoms in total. The molecule has 2 rings (SSSR count). The van der Waals surface area contributed by atoms with E-state index in [0.29, 0.717) is 17.1 Å². The van der Waals surface area contributed by atoms with Crippen LogP contribution in [0, 0.1) is 0 Å². The quantitative estimate of drug-likeness (QED) is 0.838. The van der Waals surface area contributed by atoms with E-state index < -0.39 is 0 Å². The molecular formula is C16H16O4. The van der Waals surface area contributed by atoms with Gasteiger partial charge in [-0.1, -0.05) is 18.2 Å². The first kappa shape index (κ1) is 13.8. The van der Waals surface area contributed by atoms with Crippen molar-refractivity contribution in [2.24, 2.45) is 0 Å². The van der Waals surface area contributed by atoms with Crippen LogP contribution in [-0.4, -0.2) is 24.4 Å². The Morgan fingerprint density at radius 1 is 0.750 bits per heavy atom. The van der Waals surface area contributed by atoms with Gasteiger partial charge in [-0.2, -0.15) is 0 Å². The summed E-state index contributed by atoms with van der Waals surface area (Å²) < 4.78 is 10.4. The summed E-state index contributed by atoms with van der Waals surface area (Å²) in [6.07, 6.45) is 3.65. The number of methoxy groups -OCH3 is 2. The Kier molecular flexibility index (Phi) is 4.15. The zero-order chi connectivity index (χ0) is 14.5. The molecule has 2 aromatic carbocycles. The van der Waals surface area contributed by atoms with Crippen molar-refractivity contribution in [2.45, 2.75) is 0 Å². The Bertz CT molecular complexity index is 612. The minimum Gasteiger partial charge on any atom is -0.508 e. The molecule has 104 valence electrons. The SMILES string of the molecule is COc1ccc(C=Cc2cc(O)cc(O)c2)cc1OC. The summed E-state index contributed by atoms with van der Waals surface area (Å²) in [4.78, 5) is 0. The number of rotatable bonds is 4. The van der Waals surface area contributed by atoms with Gasteiger partial charge in [0.05, 0.1) is 14.2 Å². The van der Waals surface area contributed by atoms with Crippen LogP contribution in [0.3, 0.4) is 0 Å². The van der Waals surface area contributed by atoms with E-state index in [-0.39, 0.29) is 11.5 Å². The van der Waals surface area contributed by atoms with Crippen molar-refractivity contribution in [2.75, 3.05) is 14.2 Å². The first-order valence-electron chi connectivity index (χ1n) is 6.05. The third-order valence-corrected chi connectivity index (χ3v) is 2.80. The molecule has 0 saturated carbocycles. The molecular weight excluding hydrogens is 256 g/mol. The predicted molar refractivity (Wildman–Crippen MR) is 78.2 cm³/mol. The molecule has 0 bridgehead atoms. The van der Waals surface area contributed by atoms with Gasteiger partial charge in [0.2, 0.25) is 0 Å². The lowest BCUT2D eigenvalue weighted by molar-refractivity contribution is 0.355. The predicted octanol–water partition coefficient (Wildman–Crippen LogP) is 3.29. The maximum absolute atomic E-state index is 9.41. The van der Waals surface area contributed by atoms with Crippen LogP contribution >= 0.6 is 0 Å². The second kappa shape index (κ2) is 6.02. The average molecular weight is 272 g/mol. The number of benzene rings is 2. The molecule has 20 heavy (non-hydrogen) atoms. The molecule has 0 heterocycles. The van der Waals surface area contributed by atoms with E-state index in [2.05, 4.69) is 0 Å². The van der Waals surface area contributed by atoms with Crippen molar-refractivity contribution in [1.29, 1.82) is 0 Å². The summed E-state index contributed by atoms with van der Waals surface area (Å²) in [5, 5.41) is 18.8. The van der Waals surface area contributed by atoms with Crippen molar-refractivity contribution in [3.8, 4) is 23.0 Å². The van der Waals surface area contributed by atoms with Crippen molar-refractivity contribution in [3.63, 3.8) is 0 Å². The smallest absolute Gasteiger partial charge is 0.161 e. The molecule has 0 aliphatic rings. The van der Waals surface area contributed by atoms with Crippen LogP contribution in [0.15, 0.2) is 36.4 Å². The number of phenols is 2. The normalized spacial score (nSPS) is 10.7. The molecule has 0 atom stereocenters. The van der Waals surface area contributed by atoms with Crippen molar-refractivity contribution in [3.05, 3.63) is 47.5 Å². The van der Waals surface area contributed by atoms with Crippen LogP contribution in [0.5, 0.6) is 23.0 Å². The van der Waals surface area contributed by atoms with Crippen LogP contribution in [0.1, 0.15) is 11.1 Å². The van der Waals surface area contributed by atoms with Crippen molar-refractivity contribution < 1.29 is 19.7 Å². The van der Waals surface area contributed by atoms with Crippen LogP contribution in [-0.2, 0) is 0 Å². The lowest BCUT2D eigenvalue weighted by atomic mass is 10.1. The molecule has 0 aliphatic heterocycles. The van der Waals surface area contributed by atoms with E-state index in [1.807, 2.05) is 24.3 Å². The Balaban J connectivity index is 2.27. The van der Waals surface area contributed by atoms with Gasteiger partial charge >= 0.3 is 0 Å². The average Bonchev–Trinajstić information content (AvgIpc) is 2.43. The number of ether oxygens (including phenoxy) is 2. The monoisotopic (exact) mass is 272 g/mol. The fourth-order valence-corrected chi connectivity index (χ4v) is 1.86. The Labute approximate surface area is 117 Å². The fourth-order valence-electron chi connectivity index (χ4n) is 1.86. The maximum atomic E-state index is 9.41. The summed E-state index contributed by atoms with van der Waals surface area (Å²) in [5.74, 6) is 1.36. The highest BCUT2D eigenvalue weighted by Gasteiger charge is 2.02. The maximum Gasteiger partial charge on any atom is 0.161 e. The third kappa shape index (κ3) is 3.23. The lowest BCUT2D eigenvalue weighted by Gasteiger charge is -2.07. The molecule has 0 aromatic heterocycles. The van der Waals surface area contributed by atoms with E-state index >= 15 is 0 Å². The largest absolute Gasteiger partial charge is 0.508 e. The molecule has 0 amide bonds. The number of phenolic OH excluding ortho intramolecular Hbond substituents is 2. The summed E-state index contributed by atoms with van der Waals surface area (Å²) in [6, 6.07) is 9.97. The number of hydrogen-bond donors (Lipinski definition) is 2. The summed E-state index contributed by atoms with van der Waals surface area (Å²) in [6.45, 7) is 0. The summed E-state index contributed by atoms with van der Waals surface area (Å²) >= 11 is 0. The molecule has 0 aliphatic carbocycles. The van der Waals surface area contributed by atoms with Crippen LogP contribution in [0.2, 0.25) is 0 Å². The van der Waals surface area contributed by atoms with E-state index in [1.54, 1.807) is 32.4 Å². The van der Waals surface area contributed by atoms with E-state index in [1.165, 1.54) is 6.07 Å². The highest BCUT2D eigenvalue weighted by atomic mass is 16.5. The second-order valence-electron chi connectivity index (χ2n) is 4.23. The van der Waals surface area contributed by atoms with Gasteiger partial charge < -0.3 is 19.7 Å². The summed E-state index contributed by atoms with van der Waals surface area (Å²) in [7, 11) is 3.17. The molecule has 2 N–H and O–H groups in total. The van der Waals surface area contributed by atoms with E-state index in [9.17, 15) is 10.2 Å². The Morgan fingerprint density at radius 2 is 1.35 bits per heavy atom. The zero-order valence-electron chi connectivity index (χ0n) is 11.3. The van der Waals surface area contributed by atoms with Gasteiger partial charge in [-0.05, 0) is 35.4 Å². The molecule has 0 radical (unpaired) electrons. The second-order valence-corrected chi connectivity index (χ2v) is 4.23. The molecule has 4 heteroatoms. The molecule has 0 saturated heterocycles. The molecule has 2 aromatic rings. The Hall–Kier alpha value is -2.62. The number of aromatic hydroxyl groups is 2. The van der Waals surface area contributed by atoms with Crippen molar-refractivity contribution >= 4 is 12.2 Å². The van der Waals surface area contributed by atoms with E-state index in [4.69, 9.17) is 9.47 Å². The highest BCUT2D eigenvalue weighted by molar-refractivity contribution is 5.72.